The van der Waals surface area contributed by atoms with E-state index in [1.165, 1.54) is 6.07 Å². The van der Waals surface area contributed by atoms with Crippen LogP contribution in [0.15, 0.2) is 36.4 Å². The zero-order valence-corrected chi connectivity index (χ0v) is 10.4. The zero-order chi connectivity index (χ0) is 13.8. The number of phenolic OH excluding ortho intramolecular Hbond substituents is 1. The van der Waals surface area contributed by atoms with Crippen molar-refractivity contribution in [3.63, 3.8) is 0 Å². The van der Waals surface area contributed by atoms with Gasteiger partial charge in [-0.25, -0.2) is 0 Å². The van der Waals surface area contributed by atoms with E-state index < -0.39 is 0 Å². The minimum absolute atomic E-state index is 0.0543. The maximum atomic E-state index is 9.59. The summed E-state index contributed by atoms with van der Waals surface area (Å²) in [5.41, 5.74) is 15.1. The number of rotatable bonds is 4. The molecule has 2 aromatic carbocycles. The van der Waals surface area contributed by atoms with Crippen LogP contribution in [0.4, 0.5) is 17.1 Å². The van der Waals surface area contributed by atoms with E-state index in [-0.39, 0.29) is 12.4 Å². The highest BCUT2D eigenvalue weighted by Crippen LogP contribution is 2.32. The van der Waals surface area contributed by atoms with E-state index >= 15 is 0 Å². The summed E-state index contributed by atoms with van der Waals surface area (Å²) in [5, 5.41) is 21.5. The molecule has 2 aromatic rings. The van der Waals surface area contributed by atoms with E-state index in [1.807, 2.05) is 12.1 Å². The second kappa shape index (κ2) is 5.49. The predicted molar refractivity (Wildman–Crippen MR) is 77.9 cm³/mol. The number of hydrogen-bond acceptors (Lipinski definition) is 5. The molecule has 7 N–H and O–H groups in total. The molecule has 5 nitrogen and oxygen atoms in total. The van der Waals surface area contributed by atoms with Crippen LogP contribution in [0.1, 0.15) is 0 Å². The van der Waals surface area contributed by atoms with E-state index in [1.54, 1.807) is 18.2 Å². The molecule has 0 atom stereocenters. The lowest BCUT2D eigenvalue weighted by atomic mass is 10.0. The largest absolute Gasteiger partial charge is 0.508 e. The summed E-state index contributed by atoms with van der Waals surface area (Å²) in [6.45, 7) is 0.518. The molecule has 0 saturated carbocycles. The van der Waals surface area contributed by atoms with Gasteiger partial charge in [0, 0.05) is 35.2 Å². The van der Waals surface area contributed by atoms with Crippen molar-refractivity contribution in [1.82, 2.24) is 0 Å². The number of nitrogens with two attached hydrogens (primary N) is 2. The first-order valence-electron chi connectivity index (χ1n) is 5.94. The SMILES string of the molecule is Nc1cc(O)cc(-c2cc(NCCO)ccc2N)c1. The summed E-state index contributed by atoms with van der Waals surface area (Å²) >= 11 is 0. The van der Waals surface area contributed by atoms with E-state index in [0.29, 0.717) is 17.9 Å². The highest BCUT2D eigenvalue weighted by atomic mass is 16.3. The molecule has 0 fully saturated rings. The van der Waals surface area contributed by atoms with Gasteiger partial charge >= 0.3 is 0 Å². The first-order valence-corrected chi connectivity index (χ1v) is 5.94. The van der Waals surface area contributed by atoms with Gasteiger partial charge in [0.2, 0.25) is 0 Å². The van der Waals surface area contributed by atoms with Crippen molar-refractivity contribution in [3.05, 3.63) is 36.4 Å². The van der Waals surface area contributed by atoms with Crippen LogP contribution in [0.5, 0.6) is 5.75 Å². The molecule has 0 spiro atoms. The van der Waals surface area contributed by atoms with Crippen molar-refractivity contribution >= 4 is 17.1 Å². The van der Waals surface area contributed by atoms with Gasteiger partial charge in [-0.2, -0.15) is 0 Å². The molecule has 100 valence electrons. The summed E-state index contributed by atoms with van der Waals surface area (Å²) < 4.78 is 0. The van der Waals surface area contributed by atoms with Crippen LogP contribution in [0.3, 0.4) is 0 Å². The minimum Gasteiger partial charge on any atom is -0.508 e. The van der Waals surface area contributed by atoms with E-state index in [2.05, 4.69) is 5.32 Å². The Hall–Kier alpha value is -2.40. The fourth-order valence-corrected chi connectivity index (χ4v) is 1.91. The Labute approximate surface area is 111 Å². The lowest BCUT2D eigenvalue weighted by Gasteiger charge is -2.11. The van der Waals surface area contributed by atoms with Gasteiger partial charge in [-0.05, 0) is 35.9 Å². The van der Waals surface area contributed by atoms with E-state index in [9.17, 15) is 5.11 Å². The Kier molecular flexibility index (Phi) is 3.77. The van der Waals surface area contributed by atoms with Gasteiger partial charge in [0.15, 0.2) is 0 Å². The molecule has 0 amide bonds. The zero-order valence-electron chi connectivity index (χ0n) is 10.4. The van der Waals surface area contributed by atoms with Crippen LogP contribution >= 0.6 is 0 Å². The molecule has 0 aliphatic carbocycles. The van der Waals surface area contributed by atoms with Crippen LogP contribution in [-0.4, -0.2) is 23.4 Å². The van der Waals surface area contributed by atoms with Crippen molar-refractivity contribution in [2.75, 3.05) is 29.9 Å². The first-order chi connectivity index (χ1) is 9.10. The third-order valence-corrected chi connectivity index (χ3v) is 2.75. The molecular formula is C14H17N3O2. The number of phenols is 1. The summed E-state index contributed by atoms with van der Waals surface area (Å²) in [4.78, 5) is 0. The van der Waals surface area contributed by atoms with Gasteiger partial charge < -0.3 is 27.0 Å². The average molecular weight is 259 g/mol. The second-order valence-corrected chi connectivity index (χ2v) is 4.27. The number of nitrogens with one attached hydrogen (secondary N) is 1. The first kappa shape index (κ1) is 13.0. The number of aliphatic hydroxyl groups is 1. The minimum atomic E-state index is 0.0543. The number of nitrogen functional groups attached to an aromatic ring is 2. The number of hydrogen-bond donors (Lipinski definition) is 5. The Morgan fingerprint density at radius 2 is 1.84 bits per heavy atom. The van der Waals surface area contributed by atoms with Crippen molar-refractivity contribution in [1.29, 1.82) is 0 Å². The molecule has 0 heterocycles. The topological polar surface area (TPSA) is 105 Å². The van der Waals surface area contributed by atoms with Gasteiger partial charge in [0.1, 0.15) is 5.75 Å². The third kappa shape index (κ3) is 3.08. The molecule has 0 bridgehead atoms. The molecule has 0 aliphatic heterocycles. The smallest absolute Gasteiger partial charge is 0.118 e. The molecule has 2 rings (SSSR count). The number of aliphatic hydroxyl groups excluding tert-OH is 1. The van der Waals surface area contributed by atoms with Gasteiger partial charge in [-0.15, -0.1) is 0 Å². The standard InChI is InChI=1S/C14H17N3O2/c15-10-5-9(6-12(19)7-10)13-8-11(17-3-4-18)1-2-14(13)16/h1-2,5-8,17-19H,3-4,15-16H2. The quantitative estimate of drug-likeness (QED) is 0.537. The van der Waals surface area contributed by atoms with Gasteiger partial charge in [0.25, 0.3) is 0 Å². The predicted octanol–water partition coefficient (Wildman–Crippen LogP) is 1.63. The third-order valence-electron chi connectivity index (χ3n) is 2.75. The maximum Gasteiger partial charge on any atom is 0.118 e. The van der Waals surface area contributed by atoms with Crippen LogP contribution in [0.25, 0.3) is 11.1 Å². The Morgan fingerprint density at radius 1 is 1.05 bits per heavy atom. The molecule has 0 aromatic heterocycles. The highest BCUT2D eigenvalue weighted by Gasteiger charge is 2.06. The monoisotopic (exact) mass is 259 g/mol. The van der Waals surface area contributed by atoms with Crippen molar-refractivity contribution < 1.29 is 10.2 Å². The summed E-state index contributed by atoms with van der Waals surface area (Å²) in [6.07, 6.45) is 0. The van der Waals surface area contributed by atoms with Gasteiger partial charge in [-0.3, -0.25) is 0 Å². The Morgan fingerprint density at radius 3 is 2.53 bits per heavy atom. The fraction of sp³-hybridized carbons (Fsp3) is 0.143. The molecule has 5 heteroatoms. The lowest BCUT2D eigenvalue weighted by molar-refractivity contribution is 0.311. The fourth-order valence-electron chi connectivity index (χ4n) is 1.91. The molecule has 19 heavy (non-hydrogen) atoms. The van der Waals surface area contributed by atoms with Crippen LogP contribution in [0, 0.1) is 0 Å². The highest BCUT2D eigenvalue weighted by molar-refractivity contribution is 5.81. The summed E-state index contributed by atoms with van der Waals surface area (Å²) in [6, 6.07) is 10.3. The average Bonchev–Trinajstić information content (AvgIpc) is 2.36. The summed E-state index contributed by atoms with van der Waals surface area (Å²) in [5.74, 6) is 0.100. The molecule has 0 radical (unpaired) electrons. The maximum absolute atomic E-state index is 9.59. The Bertz CT molecular complexity index is 565. The molecular weight excluding hydrogens is 242 g/mol. The molecule has 0 aliphatic rings. The molecule has 0 unspecified atom stereocenters. The number of benzene rings is 2. The van der Waals surface area contributed by atoms with Crippen LogP contribution in [-0.2, 0) is 0 Å². The number of anilines is 3. The van der Waals surface area contributed by atoms with E-state index in [4.69, 9.17) is 16.6 Å². The van der Waals surface area contributed by atoms with Crippen molar-refractivity contribution in [3.8, 4) is 16.9 Å². The second-order valence-electron chi connectivity index (χ2n) is 4.27. The Balaban J connectivity index is 2.42. The van der Waals surface area contributed by atoms with Gasteiger partial charge in [0.05, 0.1) is 6.61 Å². The summed E-state index contributed by atoms with van der Waals surface area (Å²) in [7, 11) is 0. The molecule has 0 saturated heterocycles. The van der Waals surface area contributed by atoms with Crippen LogP contribution < -0.4 is 16.8 Å². The lowest BCUT2D eigenvalue weighted by Crippen LogP contribution is -2.05. The number of aromatic hydroxyl groups is 1. The van der Waals surface area contributed by atoms with Gasteiger partial charge in [-0.1, -0.05) is 0 Å². The van der Waals surface area contributed by atoms with Crippen molar-refractivity contribution in [2.24, 2.45) is 0 Å². The van der Waals surface area contributed by atoms with E-state index in [0.717, 1.165) is 16.8 Å². The van der Waals surface area contributed by atoms with Crippen LogP contribution in [0.2, 0.25) is 0 Å². The van der Waals surface area contributed by atoms with Crippen molar-refractivity contribution in [2.45, 2.75) is 0 Å². The normalized spacial score (nSPS) is 10.4.